The number of benzene rings is 2. The first-order valence-corrected chi connectivity index (χ1v) is 8.19. The van der Waals surface area contributed by atoms with Gasteiger partial charge in [0.1, 0.15) is 5.82 Å². The van der Waals surface area contributed by atoms with Crippen molar-refractivity contribution in [1.29, 1.82) is 0 Å². The molecule has 0 atom stereocenters. The van der Waals surface area contributed by atoms with Crippen molar-refractivity contribution in [3.8, 4) is 11.4 Å². The number of aryl methyl sites for hydroxylation is 1. The van der Waals surface area contributed by atoms with Crippen LogP contribution in [0.5, 0.6) is 0 Å². The average Bonchev–Trinajstić information content (AvgIpc) is 2.65. The first kappa shape index (κ1) is 15.3. The van der Waals surface area contributed by atoms with E-state index in [0.717, 1.165) is 11.3 Å². The summed E-state index contributed by atoms with van der Waals surface area (Å²) in [6, 6.07) is 21.2. The maximum atomic E-state index is 13.1. The molecule has 4 heteroatoms. The molecule has 2 heterocycles. The second-order valence-corrected chi connectivity index (χ2v) is 6.03. The molecule has 0 aliphatic heterocycles. The van der Waals surface area contributed by atoms with Gasteiger partial charge in [0.05, 0.1) is 23.1 Å². The predicted octanol–water partition coefficient (Wildman–Crippen LogP) is 3.82. The Morgan fingerprint density at radius 3 is 2.44 bits per heavy atom. The van der Waals surface area contributed by atoms with Gasteiger partial charge in [-0.25, -0.2) is 4.98 Å². The van der Waals surface area contributed by atoms with Crippen molar-refractivity contribution in [3.05, 3.63) is 94.5 Å². The van der Waals surface area contributed by atoms with Gasteiger partial charge in [-0.15, -0.1) is 0 Å². The van der Waals surface area contributed by atoms with Gasteiger partial charge in [0.15, 0.2) is 0 Å². The number of hydrogen-bond acceptors (Lipinski definition) is 3. The lowest BCUT2D eigenvalue weighted by molar-refractivity contribution is 0.740. The molecule has 2 aromatic carbocycles. The van der Waals surface area contributed by atoms with E-state index in [2.05, 4.69) is 4.98 Å². The Balaban J connectivity index is 1.97. The van der Waals surface area contributed by atoms with Crippen LogP contribution in [0, 0.1) is 6.92 Å². The van der Waals surface area contributed by atoms with Crippen LogP contribution in [-0.4, -0.2) is 14.5 Å². The molecule has 4 nitrogen and oxygen atoms in total. The van der Waals surface area contributed by atoms with Gasteiger partial charge in [0, 0.05) is 11.8 Å². The zero-order valence-electron chi connectivity index (χ0n) is 13.9. The molecule has 0 fully saturated rings. The third kappa shape index (κ3) is 2.94. The first-order valence-electron chi connectivity index (χ1n) is 8.19. The normalized spacial score (nSPS) is 10.9. The quantitative estimate of drug-likeness (QED) is 0.575. The Kier molecular flexibility index (Phi) is 3.86. The van der Waals surface area contributed by atoms with E-state index in [1.54, 1.807) is 10.8 Å². The molecule has 25 heavy (non-hydrogen) atoms. The maximum absolute atomic E-state index is 13.1. The second-order valence-electron chi connectivity index (χ2n) is 6.03. The van der Waals surface area contributed by atoms with Crippen molar-refractivity contribution < 1.29 is 0 Å². The minimum atomic E-state index is -0.0492. The Labute approximate surface area is 145 Å². The van der Waals surface area contributed by atoms with Crippen LogP contribution in [0.15, 0.2) is 77.7 Å². The van der Waals surface area contributed by atoms with Crippen molar-refractivity contribution in [2.75, 3.05) is 0 Å². The molecule has 0 unspecified atom stereocenters. The van der Waals surface area contributed by atoms with Crippen LogP contribution in [-0.2, 0) is 6.54 Å². The Morgan fingerprint density at radius 1 is 0.920 bits per heavy atom. The van der Waals surface area contributed by atoms with Gasteiger partial charge < -0.3 is 0 Å². The third-order valence-corrected chi connectivity index (χ3v) is 4.22. The van der Waals surface area contributed by atoms with Gasteiger partial charge in [0.25, 0.3) is 5.56 Å². The van der Waals surface area contributed by atoms with Crippen molar-refractivity contribution in [2.45, 2.75) is 13.5 Å². The molecule has 0 radical (unpaired) electrons. The molecule has 0 saturated heterocycles. The molecule has 4 rings (SSSR count). The number of nitrogens with zero attached hydrogens (tertiary/aromatic N) is 3. The van der Waals surface area contributed by atoms with Gasteiger partial charge in [-0.05, 0) is 31.2 Å². The lowest BCUT2D eigenvalue weighted by Gasteiger charge is -2.13. The fourth-order valence-electron chi connectivity index (χ4n) is 2.89. The summed E-state index contributed by atoms with van der Waals surface area (Å²) in [6.45, 7) is 2.43. The zero-order chi connectivity index (χ0) is 17.2. The third-order valence-electron chi connectivity index (χ3n) is 4.22. The van der Waals surface area contributed by atoms with Crippen LogP contribution >= 0.6 is 0 Å². The Hall–Kier alpha value is -3.27. The lowest BCUT2D eigenvalue weighted by Crippen LogP contribution is -2.24. The van der Waals surface area contributed by atoms with Crippen molar-refractivity contribution in [2.24, 2.45) is 0 Å². The highest BCUT2D eigenvalue weighted by Crippen LogP contribution is 2.20. The molecule has 0 bridgehead atoms. The van der Waals surface area contributed by atoms with Crippen LogP contribution in [0.4, 0.5) is 0 Å². The van der Waals surface area contributed by atoms with E-state index in [9.17, 15) is 4.79 Å². The van der Waals surface area contributed by atoms with Crippen LogP contribution < -0.4 is 5.56 Å². The highest BCUT2D eigenvalue weighted by molar-refractivity contribution is 5.79. The summed E-state index contributed by atoms with van der Waals surface area (Å²) >= 11 is 0. The highest BCUT2D eigenvalue weighted by Gasteiger charge is 2.13. The number of hydrogen-bond donors (Lipinski definition) is 0. The minimum Gasteiger partial charge on any atom is -0.286 e. The largest absolute Gasteiger partial charge is 0.286 e. The molecule has 122 valence electrons. The molecule has 0 N–H and O–H groups in total. The standard InChI is InChI=1S/C21H17N3O/c1-15-9-11-16(12-10-15)20-23-19-8-3-2-7-18(19)21(25)24(20)14-17-6-4-5-13-22-17/h2-13H,14H2,1H3. The first-order chi connectivity index (χ1) is 12.2. The summed E-state index contributed by atoms with van der Waals surface area (Å²) in [5, 5.41) is 0.620. The molecule has 0 spiro atoms. The molecule has 4 aromatic rings. The summed E-state index contributed by atoms with van der Waals surface area (Å²) in [7, 11) is 0. The van der Waals surface area contributed by atoms with E-state index >= 15 is 0 Å². The number of rotatable bonds is 3. The van der Waals surface area contributed by atoms with Crippen LogP contribution in [0.2, 0.25) is 0 Å². The van der Waals surface area contributed by atoms with Gasteiger partial charge >= 0.3 is 0 Å². The zero-order valence-corrected chi connectivity index (χ0v) is 13.9. The summed E-state index contributed by atoms with van der Waals surface area (Å²) in [6.07, 6.45) is 1.74. The average molecular weight is 327 g/mol. The Bertz CT molecular complexity index is 1080. The molecule has 2 aromatic heterocycles. The SMILES string of the molecule is Cc1ccc(-c2nc3ccccc3c(=O)n2Cc2ccccn2)cc1. The number of pyridine rings is 1. The molecular weight excluding hydrogens is 310 g/mol. The number of fused-ring (bicyclic) bond motifs is 1. The molecule has 0 amide bonds. The van der Waals surface area contributed by atoms with Crippen LogP contribution in [0.3, 0.4) is 0 Å². The lowest BCUT2D eigenvalue weighted by atomic mass is 10.1. The highest BCUT2D eigenvalue weighted by atomic mass is 16.1. The van der Waals surface area contributed by atoms with Crippen LogP contribution in [0.25, 0.3) is 22.3 Å². The summed E-state index contributed by atoms with van der Waals surface area (Å²) in [5.74, 6) is 0.661. The fraction of sp³-hybridized carbons (Fsp3) is 0.0952. The number of para-hydroxylation sites is 1. The number of aromatic nitrogens is 3. The van der Waals surface area contributed by atoms with Gasteiger partial charge in [0.2, 0.25) is 0 Å². The van der Waals surface area contributed by atoms with E-state index in [-0.39, 0.29) is 5.56 Å². The monoisotopic (exact) mass is 327 g/mol. The smallest absolute Gasteiger partial charge is 0.262 e. The van der Waals surface area contributed by atoms with Crippen molar-refractivity contribution >= 4 is 10.9 Å². The minimum absolute atomic E-state index is 0.0492. The molecular formula is C21H17N3O. The van der Waals surface area contributed by atoms with E-state index in [4.69, 9.17) is 4.98 Å². The van der Waals surface area contributed by atoms with Gasteiger partial charge in [-0.3, -0.25) is 14.3 Å². The van der Waals surface area contributed by atoms with Crippen molar-refractivity contribution in [1.82, 2.24) is 14.5 Å². The fourth-order valence-corrected chi connectivity index (χ4v) is 2.89. The molecule has 0 saturated carbocycles. The topological polar surface area (TPSA) is 47.8 Å². The maximum Gasteiger partial charge on any atom is 0.262 e. The van der Waals surface area contributed by atoms with E-state index in [0.29, 0.717) is 23.3 Å². The Morgan fingerprint density at radius 2 is 1.68 bits per heavy atom. The summed E-state index contributed by atoms with van der Waals surface area (Å²) < 4.78 is 1.70. The van der Waals surface area contributed by atoms with E-state index < -0.39 is 0 Å². The van der Waals surface area contributed by atoms with Gasteiger partial charge in [-0.1, -0.05) is 48.0 Å². The van der Waals surface area contributed by atoms with Crippen molar-refractivity contribution in [3.63, 3.8) is 0 Å². The summed E-state index contributed by atoms with van der Waals surface area (Å²) in [4.78, 5) is 22.2. The predicted molar refractivity (Wildman–Crippen MR) is 99.5 cm³/mol. The van der Waals surface area contributed by atoms with E-state index in [1.165, 1.54) is 5.56 Å². The van der Waals surface area contributed by atoms with E-state index in [1.807, 2.05) is 73.7 Å². The second kappa shape index (κ2) is 6.32. The molecule has 0 aliphatic rings. The molecule has 0 aliphatic carbocycles. The van der Waals surface area contributed by atoms with Gasteiger partial charge in [-0.2, -0.15) is 0 Å². The summed E-state index contributed by atoms with van der Waals surface area (Å²) in [5.41, 5.74) is 3.58. The van der Waals surface area contributed by atoms with Crippen LogP contribution in [0.1, 0.15) is 11.3 Å².